The number of carbonyl (C=O) groups excluding carboxylic acids is 2. The summed E-state index contributed by atoms with van der Waals surface area (Å²) in [6.45, 7) is 7.92. The standard InChI is InChI=1S/C21H24N2O4S/c1-5-26-19(24)15-10-16(20(25)27-6-2)12-17(11-15)22-21(28)23-18-9-7-8-13(3)14(18)4/h7-12H,5-6H2,1-4H3,(H2,22,23,28). The van der Waals surface area contributed by atoms with Crippen LogP contribution < -0.4 is 10.6 Å². The van der Waals surface area contributed by atoms with E-state index in [2.05, 4.69) is 10.6 Å². The molecule has 0 radical (unpaired) electrons. The van der Waals surface area contributed by atoms with Gasteiger partial charge in [0.1, 0.15) is 0 Å². The zero-order valence-corrected chi connectivity index (χ0v) is 17.2. The van der Waals surface area contributed by atoms with E-state index < -0.39 is 11.9 Å². The Labute approximate surface area is 170 Å². The van der Waals surface area contributed by atoms with E-state index in [1.807, 2.05) is 32.0 Å². The summed E-state index contributed by atoms with van der Waals surface area (Å²) in [4.78, 5) is 24.3. The monoisotopic (exact) mass is 400 g/mol. The van der Waals surface area contributed by atoms with E-state index in [1.165, 1.54) is 6.07 Å². The highest BCUT2D eigenvalue weighted by molar-refractivity contribution is 7.80. The topological polar surface area (TPSA) is 76.7 Å². The van der Waals surface area contributed by atoms with Crippen molar-refractivity contribution in [3.63, 3.8) is 0 Å². The summed E-state index contributed by atoms with van der Waals surface area (Å²) >= 11 is 5.39. The first-order valence-corrected chi connectivity index (χ1v) is 9.40. The van der Waals surface area contributed by atoms with E-state index >= 15 is 0 Å². The van der Waals surface area contributed by atoms with Gasteiger partial charge in [-0.25, -0.2) is 9.59 Å². The normalized spacial score (nSPS) is 10.1. The van der Waals surface area contributed by atoms with Crippen LogP contribution in [0, 0.1) is 13.8 Å². The van der Waals surface area contributed by atoms with E-state index in [9.17, 15) is 9.59 Å². The van der Waals surface area contributed by atoms with Crippen LogP contribution >= 0.6 is 12.2 Å². The zero-order chi connectivity index (χ0) is 20.7. The summed E-state index contributed by atoms with van der Waals surface area (Å²) < 4.78 is 10.1. The van der Waals surface area contributed by atoms with Gasteiger partial charge in [-0.3, -0.25) is 0 Å². The number of ether oxygens (including phenoxy) is 2. The van der Waals surface area contributed by atoms with Crippen LogP contribution in [0.5, 0.6) is 0 Å². The van der Waals surface area contributed by atoms with Gasteiger partial charge < -0.3 is 20.1 Å². The Morgan fingerprint density at radius 2 is 1.50 bits per heavy atom. The molecule has 0 bridgehead atoms. The number of hydrogen-bond donors (Lipinski definition) is 2. The highest BCUT2D eigenvalue weighted by atomic mass is 32.1. The van der Waals surface area contributed by atoms with Gasteiger partial charge >= 0.3 is 11.9 Å². The Morgan fingerprint density at radius 1 is 0.929 bits per heavy atom. The van der Waals surface area contributed by atoms with Gasteiger partial charge in [0.15, 0.2) is 5.11 Å². The Morgan fingerprint density at radius 3 is 2.04 bits per heavy atom. The van der Waals surface area contributed by atoms with Gasteiger partial charge in [-0.05, 0) is 75.3 Å². The molecule has 2 N–H and O–H groups in total. The molecule has 2 rings (SSSR count). The van der Waals surface area contributed by atoms with Crippen LogP contribution in [-0.4, -0.2) is 30.3 Å². The van der Waals surface area contributed by atoms with Crippen molar-refractivity contribution in [2.75, 3.05) is 23.8 Å². The van der Waals surface area contributed by atoms with Gasteiger partial charge in [0, 0.05) is 11.4 Å². The molecule has 0 saturated carbocycles. The van der Waals surface area contributed by atoms with Crippen molar-refractivity contribution in [1.29, 1.82) is 0 Å². The number of hydrogen-bond acceptors (Lipinski definition) is 5. The largest absolute Gasteiger partial charge is 0.462 e. The van der Waals surface area contributed by atoms with Crippen LogP contribution in [0.1, 0.15) is 45.7 Å². The lowest BCUT2D eigenvalue weighted by Gasteiger charge is -2.15. The van der Waals surface area contributed by atoms with Crippen LogP contribution in [-0.2, 0) is 9.47 Å². The molecule has 0 aliphatic carbocycles. The van der Waals surface area contributed by atoms with E-state index in [1.54, 1.807) is 26.0 Å². The van der Waals surface area contributed by atoms with Gasteiger partial charge in [0.25, 0.3) is 0 Å². The fourth-order valence-electron chi connectivity index (χ4n) is 2.54. The minimum absolute atomic E-state index is 0.234. The van der Waals surface area contributed by atoms with E-state index in [-0.39, 0.29) is 24.3 Å². The molecule has 148 valence electrons. The van der Waals surface area contributed by atoms with Gasteiger partial charge in [-0.15, -0.1) is 0 Å². The molecular weight excluding hydrogens is 376 g/mol. The fraction of sp³-hybridized carbons (Fsp3) is 0.286. The predicted molar refractivity (Wildman–Crippen MR) is 114 cm³/mol. The maximum Gasteiger partial charge on any atom is 0.338 e. The lowest BCUT2D eigenvalue weighted by Crippen LogP contribution is -2.20. The number of nitrogens with one attached hydrogen (secondary N) is 2. The average Bonchev–Trinajstić information content (AvgIpc) is 2.65. The molecular formula is C21H24N2O4S. The number of rotatable bonds is 6. The van der Waals surface area contributed by atoms with Gasteiger partial charge in [0.05, 0.1) is 24.3 Å². The van der Waals surface area contributed by atoms with Crippen LogP contribution in [0.15, 0.2) is 36.4 Å². The highest BCUT2D eigenvalue weighted by Crippen LogP contribution is 2.20. The molecule has 0 unspecified atom stereocenters. The first-order chi connectivity index (χ1) is 13.3. The molecule has 0 fully saturated rings. The molecule has 7 heteroatoms. The second-order valence-electron chi connectivity index (χ2n) is 6.07. The summed E-state index contributed by atoms with van der Waals surface area (Å²) in [6.07, 6.45) is 0. The van der Waals surface area contributed by atoms with Crippen molar-refractivity contribution in [3.8, 4) is 0 Å². The van der Waals surface area contributed by atoms with E-state index in [0.29, 0.717) is 10.8 Å². The van der Waals surface area contributed by atoms with Crippen molar-refractivity contribution in [2.45, 2.75) is 27.7 Å². The van der Waals surface area contributed by atoms with Crippen molar-refractivity contribution >= 4 is 40.6 Å². The fourth-order valence-corrected chi connectivity index (χ4v) is 2.76. The number of esters is 2. The van der Waals surface area contributed by atoms with Crippen molar-refractivity contribution in [3.05, 3.63) is 58.7 Å². The lowest BCUT2D eigenvalue weighted by atomic mass is 10.1. The lowest BCUT2D eigenvalue weighted by molar-refractivity contribution is 0.0525. The summed E-state index contributed by atoms with van der Waals surface area (Å²) in [5, 5.41) is 6.49. The van der Waals surface area contributed by atoms with E-state index in [0.717, 1.165) is 16.8 Å². The summed E-state index contributed by atoms with van der Waals surface area (Å²) in [7, 11) is 0. The molecule has 0 spiro atoms. The van der Waals surface area contributed by atoms with Crippen LogP contribution in [0.25, 0.3) is 0 Å². The summed E-state index contributed by atoms with van der Waals surface area (Å²) in [5.41, 5.74) is 4.07. The Balaban J connectivity index is 2.27. The SMILES string of the molecule is CCOC(=O)c1cc(NC(=S)Nc2cccc(C)c2C)cc(C(=O)OCC)c1. The van der Waals surface area contributed by atoms with Gasteiger partial charge in [-0.2, -0.15) is 0 Å². The molecule has 2 aromatic carbocycles. The molecule has 2 aromatic rings. The highest BCUT2D eigenvalue weighted by Gasteiger charge is 2.15. The quantitative estimate of drug-likeness (QED) is 0.547. The second kappa shape index (κ2) is 9.85. The van der Waals surface area contributed by atoms with Crippen molar-refractivity contribution in [2.24, 2.45) is 0 Å². The Bertz CT molecular complexity index is 860. The third-order valence-corrected chi connectivity index (χ3v) is 4.27. The number of anilines is 2. The van der Waals surface area contributed by atoms with E-state index in [4.69, 9.17) is 21.7 Å². The first-order valence-electron chi connectivity index (χ1n) is 8.99. The van der Waals surface area contributed by atoms with Crippen LogP contribution in [0.2, 0.25) is 0 Å². The maximum absolute atomic E-state index is 12.1. The minimum Gasteiger partial charge on any atom is -0.462 e. The molecule has 0 amide bonds. The average molecular weight is 401 g/mol. The smallest absolute Gasteiger partial charge is 0.338 e. The molecule has 0 aliphatic heterocycles. The van der Waals surface area contributed by atoms with Gasteiger partial charge in [0.2, 0.25) is 0 Å². The molecule has 0 saturated heterocycles. The first kappa shape index (κ1) is 21.4. The Hall–Kier alpha value is -2.93. The molecule has 28 heavy (non-hydrogen) atoms. The van der Waals surface area contributed by atoms with Crippen LogP contribution in [0.3, 0.4) is 0 Å². The van der Waals surface area contributed by atoms with Crippen LogP contribution in [0.4, 0.5) is 11.4 Å². The third kappa shape index (κ3) is 5.53. The minimum atomic E-state index is -0.523. The molecule has 0 aliphatic rings. The van der Waals surface area contributed by atoms with Crippen molar-refractivity contribution in [1.82, 2.24) is 0 Å². The molecule has 6 nitrogen and oxygen atoms in total. The number of carbonyl (C=O) groups is 2. The molecule has 0 aromatic heterocycles. The molecule has 0 atom stereocenters. The predicted octanol–water partition coefficient (Wildman–Crippen LogP) is 4.47. The Kier molecular flexibility index (Phi) is 7.52. The maximum atomic E-state index is 12.1. The second-order valence-corrected chi connectivity index (χ2v) is 6.47. The molecule has 0 heterocycles. The number of aryl methyl sites for hydroxylation is 1. The third-order valence-electron chi connectivity index (χ3n) is 4.07. The zero-order valence-electron chi connectivity index (χ0n) is 16.4. The van der Waals surface area contributed by atoms with Gasteiger partial charge in [-0.1, -0.05) is 12.1 Å². The summed E-state index contributed by atoms with van der Waals surface area (Å²) in [5.74, 6) is -1.05. The number of thiocarbonyl (C=S) groups is 1. The number of benzene rings is 2. The van der Waals surface area contributed by atoms with Crippen molar-refractivity contribution < 1.29 is 19.1 Å². The summed E-state index contributed by atoms with van der Waals surface area (Å²) in [6, 6.07) is 10.5.